The van der Waals surface area contributed by atoms with Crippen molar-refractivity contribution in [1.82, 2.24) is 14.7 Å². The van der Waals surface area contributed by atoms with E-state index in [1.54, 1.807) is 0 Å². The van der Waals surface area contributed by atoms with Crippen LogP contribution in [0.4, 0.5) is 0 Å². The topological polar surface area (TPSA) is 70.2 Å². The highest BCUT2D eigenvalue weighted by molar-refractivity contribution is 5.89. The highest BCUT2D eigenvalue weighted by atomic mass is 16.5. The Labute approximate surface area is 165 Å². The predicted octanol–water partition coefficient (Wildman–Crippen LogP) is 0.537. The van der Waals surface area contributed by atoms with Gasteiger partial charge in [-0.2, -0.15) is 0 Å². The molecule has 1 aromatic rings. The van der Waals surface area contributed by atoms with Gasteiger partial charge in [-0.05, 0) is 12.0 Å². The number of hydrogen-bond acceptors (Lipinski definition) is 4. The number of ether oxygens (including phenoxy) is 1. The molecule has 3 fully saturated rings. The zero-order chi connectivity index (χ0) is 19.5. The molecule has 150 valence electrons. The lowest BCUT2D eigenvalue weighted by atomic mass is 10.0. The summed E-state index contributed by atoms with van der Waals surface area (Å²) in [6.07, 6.45) is 1.51. The van der Waals surface area contributed by atoms with Gasteiger partial charge in [-0.25, -0.2) is 0 Å². The van der Waals surface area contributed by atoms with Crippen molar-refractivity contribution in [3.05, 3.63) is 35.9 Å². The zero-order valence-electron chi connectivity index (χ0n) is 16.1. The molecule has 0 spiro atoms. The molecule has 3 heterocycles. The monoisotopic (exact) mass is 385 g/mol. The van der Waals surface area contributed by atoms with E-state index in [-0.39, 0.29) is 36.1 Å². The van der Waals surface area contributed by atoms with Gasteiger partial charge in [0.2, 0.25) is 17.7 Å². The van der Waals surface area contributed by atoms with Crippen molar-refractivity contribution < 1.29 is 19.1 Å². The Balaban J connectivity index is 1.23. The second-order valence-electron chi connectivity index (χ2n) is 7.82. The van der Waals surface area contributed by atoms with E-state index in [1.165, 1.54) is 0 Å². The lowest BCUT2D eigenvalue weighted by Crippen LogP contribution is -2.61. The van der Waals surface area contributed by atoms with Gasteiger partial charge in [0, 0.05) is 45.6 Å². The highest BCUT2D eigenvalue weighted by Crippen LogP contribution is 2.27. The molecule has 3 amide bonds. The summed E-state index contributed by atoms with van der Waals surface area (Å²) < 4.78 is 5.29. The van der Waals surface area contributed by atoms with E-state index >= 15 is 0 Å². The molecular weight excluding hydrogens is 358 g/mol. The number of rotatable bonds is 5. The molecule has 0 bridgehead atoms. The molecule has 3 aliphatic heterocycles. The molecule has 28 heavy (non-hydrogen) atoms. The number of likely N-dealkylation sites (tertiary alicyclic amines) is 2. The third kappa shape index (κ3) is 4.04. The molecule has 1 atom stereocenters. The van der Waals surface area contributed by atoms with E-state index in [4.69, 9.17) is 4.74 Å². The number of amides is 3. The van der Waals surface area contributed by atoms with Crippen LogP contribution in [0.2, 0.25) is 0 Å². The standard InChI is InChI=1S/C21H27N3O4/c25-19(7-6-16-4-2-1-3-5-16)23-14-18(15-23)24-13-17(12-20(24)26)21(27)22-8-10-28-11-9-22/h1-5,17-18H,6-15H2. The van der Waals surface area contributed by atoms with Crippen LogP contribution in [0.5, 0.6) is 0 Å². The molecule has 0 radical (unpaired) electrons. The summed E-state index contributed by atoms with van der Waals surface area (Å²) in [5, 5.41) is 0. The van der Waals surface area contributed by atoms with Crippen LogP contribution in [0.25, 0.3) is 0 Å². The molecule has 0 aliphatic carbocycles. The number of benzene rings is 1. The number of morpholine rings is 1. The van der Waals surface area contributed by atoms with Crippen LogP contribution in [0.15, 0.2) is 30.3 Å². The summed E-state index contributed by atoms with van der Waals surface area (Å²) in [6, 6.07) is 10.0. The second-order valence-corrected chi connectivity index (χ2v) is 7.82. The van der Waals surface area contributed by atoms with Crippen LogP contribution in [-0.2, 0) is 25.5 Å². The Hall–Kier alpha value is -2.41. The van der Waals surface area contributed by atoms with E-state index in [9.17, 15) is 14.4 Å². The Morgan fingerprint density at radius 1 is 1.00 bits per heavy atom. The van der Waals surface area contributed by atoms with E-state index < -0.39 is 0 Å². The first kappa shape index (κ1) is 18.9. The Kier molecular flexibility index (Phi) is 5.62. The van der Waals surface area contributed by atoms with Crippen LogP contribution in [0.3, 0.4) is 0 Å². The number of nitrogens with zero attached hydrogens (tertiary/aromatic N) is 3. The quantitative estimate of drug-likeness (QED) is 0.742. The first-order chi connectivity index (χ1) is 13.6. The van der Waals surface area contributed by atoms with Crippen molar-refractivity contribution in [1.29, 1.82) is 0 Å². The summed E-state index contributed by atoms with van der Waals surface area (Å²) in [7, 11) is 0. The fourth-order valence-corrected chi connectivity index (χ4v) is 4.20. The molecule has 3 saturated heterocycles. The Morgan fingerprint density at radius 2 is 1.71 bits per heavy atom. The van der Waals surface area contributed by atoms with Crippen LogP contribution in [0, 0.1) is 5.92 Å². The van der Waals surface area contributed by atoms with Crippen LogP contribution < -0.4 is 0 Å². The average molecular weight is 385 g/mol. The SMILES string of the molecule is O=C(CCc1ccccc1)N1CC(N2CC(C(=O)N3CCOCC3)CC2=O)C1. The predicted molar refractivity (Wildman–Crippen MR) is 102 cm³/mol. The van der Waals surface area contributed by atoms with Gasteiger partial charge in [-0.15, -0.1) is 0 Å². The fraction of sp³-hybridized carbons (Fsp3) is 0.571. The number of carbonyl (C=O) groups excluding carboxylic acids is 3. The highest BCUT2D eigenvalue weighted by Gasteiger charge is 2.44. The first-order valence-electron chi connectivity index (χ1n) is 10.1. The minimum atomic E-state index is -0.256. The minimum Gasteiger partial charge on any atom is -0.378 e. The normalized spacial score (nSPS) is 23.1. The molecule has 4 rings (SSSR count). The molecule has 7 nitrogen and oxygen atoms in total. The van der Waals surface area contributed by atoms with Crippen molar-refractivity contribution in [2.75, 3.05) is 45.9 Å². The summed E-state index contributed by atoms with van der Waals surface area (Å²) in [5.74, 6) is -0.0246. The maximum Gasteiger partial charge on any atom is 0.228 e. The number of aryl methyl sites for hydroxylation is 1. The molecule has 1 aromatic carbocycles. The van der Waals surface area contributed by atoms with E-state index in [1.807, 2.05) is 45.0 Å². The maximum absolute atomic E-state index is 12.6. The molecular formula is C21H27N3O4. The molecule has 7 heteroatoms. The van der Waals surface area contributed by atoms with Gasteiger partial charge in [-0.3, -0.25) is 14.4 Å². The van der Waals surface area contributed by atoms with Crippen LogP contribution in [0.1, 0.15) is 18.4 Å². The van der Waals surface area contributed by atoms with Gasteiger partial charge < -0.3 is 19.4 Å². The smallest absolute Gasteiger partial charge is 0.228 e. The third-order valence-corrected chi connectivity index (χ3v) is 5.96. The minimum absolute atomic E-state index is 0.0352. The van der Waals surface area contributed by atoms with Crippen molar-refractivity contribution >= 4 is 17.7 Å². The summed E-state index contributed by atoms with van der Waals surface area (Å²) in [5.41, 5.74) is 1.16. The molecule has 0 N–H and O–H groups in total. The fourth-order valence-electron chi connectivity index (χ4n) is 4.20. The Bertz CT molecular complexity index is 726. The number of hydrogen-bond donors (Lipinski definition) is 0. The van der Waals surface area contributed by atoms with Gasteiger partial charge in [0.1, 0.15) is 0 Å². The van der Waals surface area contributed by atoms with Gasteiger partial charge in [0.15, 0.2) is 0 Å². The van der Waals surface area contributed by atoms with Crippen molar-refractivity contribution in [3.8, 4) is 0 Å². The molecule has 3 aliphatic rings. The Morgan fingerprint density at radius 3 is 2.43 bits per heavy atom. The van der Waals surface area contributed by atoms with E-state index in [0.717, 1.165) is 12.0 Å². The van der Waals surface area contributed by atoms with E-state index in [0.29, 0.717) is 52.4 Å². The van der Waals surface area contributed by atoms with Crippen molar-refractivity contribution in [3.63, 3.8) is 0 Å². The summed E-state index contributed by atoms with van der Waals surface area (Å²) >= 11 is 0. The lowest BCUT2D eigenvalue weighted by molar-refractivity contribution is -0.144. The van der Waals surface area contributed by atoms with Crippen LogP contribution >= 0.6 is 0 Å². The van der Waals surface area contributed by atoms with Gasteiger partial charge in [0.05, 0.1) is 25.2 Å². The molecule has 1 unspecified atom stereocenters. The average Bonchev–Trinajstić information content (AvgIpc) is 3.07. The largest absolute Gasteiger partial charge is 0.378 e. The van der Waals surface area contributed by atoms with Crippen molar-refractivity contribution in [2.24, 2.45) is 5.92 Å². The maximum atomic E-state index is 12.6. The number of carbonyl (C=O) groups is 3. The first-order valence-corrected chi connectivity index (χ1v) is 10.1. The second kappa shape index (κ2) is 8.31. The van der Waals surface area contributed by atoms with E-state index in [2.05, 4.69) is 0 Å². The van der Waals surface area contributed by atoms with Gasteiger partial charge in [-0.1, -0.05) is 30.3 Å². The van der Waals surface area contributed by atoms with Gasteiger partial charge in [0.25, 0.3) is 0 Å². The van der Waals surface area contributed by atoms with Gasteiger partial charge >= 0.3 is 0 Å². The molecule has 0 saturated carbocycles. The van der Waals surface area contributed by atoms with Crippen LogP contribution in [-0.4, -0.2) is 84.4 Å². The lowest BCUT2D eigenvalue weighted by Gasteiger charge is -2.44. The van der Waals surface area contributed by atoms with Crippen molar-refractivity contribution in [2.45, 2.75) is 25.3 Å². The molecule has 0 aromatic heterocycles. The zero-order valence-corrected chi connectivity index (χ0v) is 16.1. The summed E-state index contributed by atoms with van der Waals surface area (Å²) in [6.45, 7) is 3.99. The third-order valence-electron chi connectivity index (χ3n) is 5.96. The summed E-state index contributed by atoms with van der Waals surface area (Å²) in [4.78, 5) is 42.9.